The summed E-state index contributed by atoms with van der Waals surface area (Å²) in [6.07, 6.45) is 0. The van der Waals surface area contributed by atoms with Gasteiger partial charge in [-0.2, -0.15) is 0 Å². The summed E-state index contributed by atoms with van der Waals surface area (Å²) in [5.41, 5.74) is 2.78. The fourth-order valence-corrected chi connectivity index (χ4v) is 4.46. The molecule has 32 heavy (non-hydrogen) atoms. The van der Waals surface area contributed by atoms with Crippen LogP contribution in [0.15, 0.2) is 24.3 Å². The molecule has 3 aromatic rings. The van der Waals surface area contributed by atoms with Crippen molar-refractivity contribution in [1.82, 2.24) is 14.5 Å². The van der Waals surface area contributed by atoms with Gasteiger partial charge in [-0.3, -0.25) is 14.4 Å². The molecule has 1 saturated heterocycles. The maximum atomic E-state index is 13.5. The van der Waals surface area contributed by atoms with Crippen molar-refractivity contribution in [3.05, 3.63) is 62.4 Å². The number of carbonyl (C=O) groups excluding carboxylic acids is 3. The molecule has 0 saturated carbocycles. The fraction of sp³-hybridized carbons (Fsp3) is 0.304. The predicted molar refractivity (Wildman–Crippen MR) is 122 cm³/mol. The minimum Gasteiger partial charge on any atom is -0.378 e. The summed E-state index contributed by atoms with van der Waals surface area (Å²) < 4.78 is 6.91. The van der Waals surface area contributed by atoms with Crippen molar-refractivity contribution in [1.29, 1.82) is 0 Å². The molecular formula is C23H21Cl2N3O4. The van der Waals surface area contributed by atoms with E-state index in [2.05, 4.69) is 4.98 Å². The number of aryl methyl sites for hydroxylation is 2. The number of Topliss-reactive ketones (excluding diaryl/α,β-unsaturated/α-hetero) is 1. The third-order valence-electron chi connectivity index (χ3n) is 5.63. The van der Waals surface area contributed by atoms with Crippen LogP contribution in [0.5, 0.6) is 0 Å². The van der Waals surface area contributed by atoms with Gasteiger partial charge in [0.25, 0.3) is 5.91 Å². The third kappa shape index (κ3) is 3.81. The molecule has 2 aromatic carbocycles. The van der Waals surface area contributed by atoms with Gasteiger partial charge in [0.15, 0.2) is 11.6 Å². The summed E-state index contributed by atoms with van der Waals surface area (Å²) in [6.45, 7) is 5.11. The number of imidazole rings is 1. The lowest BCUT2D eigenvalue weighted by Crippen LogP contribution is -2.40. The quantitative estimate of drug-likeness (QED) is 0.532. The molecule has 0 atom stereocenters. The van der Waals surface area contributed by atoms with Crippen LogP contribution in [0.2, 0.25) is 10.0 Å². The molecule has 0 aliphatic carbocycles. The maximum absolute atomic E-state index is 13.5. The number of halogens is 2. The van der Waals surface area contributed by atoms with Crippen LogP contribution >= 0.6 is 23.2 Å². The van der Waals surface area contributed by atoms with Gasteiger partial charge in [0.1, 0.15) is 0 Å². The predicted octanol–water partition coefficient (Wildman–Crippen LogP) is 4.09. The molecule has 9 heteroatoms. The van der Waals surface area contributed by atoms with Gasteiger partial charge in [-0.1, -0.05) is 23.2 Å². The SMILES string of the molecule is CC(=O)c1cc(C)c2nc(C(=O)c3c(Cl)ccc(C(=O)N4CCOCC4)c3Cl)n(C)c2c1. The van der Waals surface area contributed by atoms with Crippen molar-refractivity contribution in [3.63, 3.8) is 0 Å². The molecule has 0 N–H and O–H groups in total. The molecule has 1 amide bonds. The van der Waals surface area contributed by atoms with Crippen LogP contribution in [0.25, 0.3) is 11.0 Å². The van der Waals surface area contributed by atoms with Crippen LogP contribution in [0.3, 0.4) is 0 Å². The first kappa shape index (κ1) is 22.5. The third-order valence-corrected chi connectivity index (χ3v) is 6.34. The smallest absolute Gasteiger partial charge is 0.255 e. The van der Waals surface area contributed by atoms with Crippen LogP contribution in [0.4, 0.5) is 0 Å². The Morgan fingerprint density at radius 3 is 2.44 bits per heavy atom. The molecule has 1 fully saturated rings. The summed E-state index contributed by atoms with van der Waals surface area (Å²) in [5, 5.41) is 0.124. The Labute approximate surface area is 194 Å². The number of benzene rings is 2. The number of ketones is 2. The minimum atomic E-state index is -0.501. The van der Waals surface area contributed by atoms with Crippen LogP contribution in [-0.2, 0) is 11.8 Å². The van der Waals surface area contributed by atoms with E-state index in [0.29, 0.717) is 42.9 Å². The first-order valence-corrected chi connectivity index (χ1v) is 10.8. The molecule has 7 nitrogen and oxygen atoms in total. The van der Waals surface area contributed by atoms with E-state index in [9.17, 15) is 14.4 Å². The van der Waals surface area contributed by atoms with Crippen molar-refractivity contribution < 1.29 is 19.1 Å². The van der Waals surface area contributed by atoms with Gasteiger partial charge < -0.3 is 14.2 Å². The van der Waals surface area contributed by atoms with Crippen LogP contribution in [0.1, 0.15) is 49.4 Å². The molecule has 0 bridgehead atoms. The summed E-state index contributed by atoms with van der Waals surface area (Å²) in [4.78, 5) is 44.5. The first-order chi connectivity index (χ1) is 15.2. The summed E-state index contributed by atoms with van der Waals surface area (Å²) >= 11 is 12.9. The average molecular weight is 474 g/mol. The van der Waals surface area contributed by atoms with Crippen molar-refractivity contribution in [2.24, 2.45) is 7.05 Å². The van der Waals surface area contributed by atoms with Crippen molar-refractivity contribution in [3.8, 4) is 0 Å². The molecule has 1 aliphatic rings. The van der Waals surface area contributed by atoms with E-state index in [0.717, 1.165) is 5.56 Å². The van der Waals surface area contributed by atoms with Crippen molar-refractivity contribution >= 4 is 51.7 Å². The summed E-state index contributed by atoms with van der Waals surface area (Å²) in [5.74, 6) is -0.747. The number of hydrogen-bond donors (Lipinski definition) is 0. The van der Waals surface area contributed by atoms with E-state index in [1.165, 1.54) is 19.1 Å². The number of aromatic nitrogens is 2. The highest BCUT2D eigenvalue weighted by atomic mass is 35.5. The first-order valence-electron chi connectivity index (χ1n) is 10.1. The number of fused-ring (bicyclic) bond motifs is 1. The zero-order chi connectivity index (χ0) is 23.2. The van der Waals surface area contributed by atoms with Gasteiger partial charge in [-0.15, -0.1) is 0 Å². The highest BCUT2D eigenvalue weighted by molar-refractivity contribution is 6.42. The van der Waals surface area contributed by atoms with Crippen LogP contribution < -0.4 is 0 Å². The minimum absolute atomic E-state index is 0.00723. The van der Waals surface area contributed by atoms with Crippen molar-refractivity contribution in [2.75, 3.05) is 26.3 Å². The van der Waals surface area contributed by atoms with E-state index in [1.54, 1.807) is 28.6 Å². The fourth-order valence-electron chi connectivity index (χ4n) is 3.84. The van der Waals surface area contributed by atoms with E-state index in [4.69, 9.17) is 27.9 Å². The Morgan fingerprint density at radius 1 is 1.09 bits per heavy atom. The second-order valence-corrected chi connectivity index (χ2v) is 8.51. The number of morpholine rings is 1. The number of carbonyl (C=O) groups is 3. The Morgan fingerprint density at radius 2 is 1.78 bits per heavy atom. The molecular weight excluding hydrogens is 453 g/mol. The molecule has 2 heterocycles. The topological polar surface area (TPSA) is 81.5 Å². The highest BCUT2D eigenvalue weighted by Gasteiger charge is 2.28. The second-order valence-electron chi connectivity index (χ2n) is 7.73. The van der Waals surface area contributed by atoms with Gasteiger partial charge in [-0.25, -0.2) is 4.98 Å². The van der Waals surface area contributed by atoms with E-state index < -0.39 is 5.78 Å². The summed E-state index contributed by atoms with van der Waals surface area (Å²) in [6, 6.07) is 6.47. The highest BCUT2D eigenvalue weighted by Crippen LogP contribution is 2.32. The molecule has 0 radical (unpaired) electrons. The zero-order valence-corrected chi connectivity index (χ0v) is 19.4. The van der Waals surface area contributed by atoms with Gasteiger partial charge in [-0.05, 0) is 43.7 Å². The molecule has 0 unspecified atom stereocenters. The molecule has 1 aliphatic heterocycles. The lowest BCUT2D eigenvalue weighted by Gasteiger charge is -2.27. The Kier molecular flexibility index (Phi) is 6.07. The normalized spacial score (nSPS) is 14.1. The number of nitrogens with zero attached hydrogens (tertiary/aromatic N) is 3. The zero-order valence-electron chi connectivity index (χ0n) is 17.9. The lowest BCUT2D eigenvalue weighted by molar-refractivity contribution is 0.0303. The second kappa shape index (κ2) is 8.65. The van der Waals surface area contributed by atoms with Crippen molar-refractivity contribution in [2.45, 2.75) is 13.8 Å². The molecule has 166 valence electrons. The molecule has 4 rings (SSSR count). The van der Waals surface area contributed by atoms with E-state index >= 15 is 0 Å². The Balaban J connectivity index is 1.80. The maximum Gasteiger partial charge on any atom is 0.255 e. The number of hydrogen-bond acceptors (Lipinski definition) is 5. The van der Waals surface area contributed by atoms with Crippen LogP contribution in [-0.4, -0.2) is 58.2 Å². The van der Waals surface area contributed by atoms with Gasteiger partial charge in [0, 0.05) is 25.7 Å². The van der Waals surface area contributed by atoms with Gasteiger partial charge in [0.2, 0.25) is 5.78 Å². The molecule has 0 spiro atoms. The number of amides is 1. The van der Waals surface area contributed by atoms with Crippen LogP contribution in [0, 0.1) is 6.92 Å². The average Bonchev–Trinajstić information content (AvgIpc) is 3.11. The monoisotopic (exact) mass is 473 g/mol. The Hall–Kier alpha value is -2.74. The Bertz CT molecular complexity index is 1280. The van der Waals surface area contributed by atoms with E-state index in [-0.39, 0.29) is 38.7 Å². The standard InChI is InChI=1S/C23H21Cl2N3O4/c1-12-10-14(13(2)29)11-17-20(12)26-22(27(17)3)21(30)18-16(24)5-4-15(19(18)25)23(31)28-6-8-32-9-7-28/h4-5,10-11H,6-9H2,1-3H3. The summed E-state index contributed by atoms with van der Waals surface area (Å²) in [7, 11) is 1.69. The van der Waals surface area contributed by atoms with Gasteiger partial charge >= 0.3 is 0 Å². The lowest BCUT2D eigenvalue weighted by atomic mass is 10.0. The molecule has 1 aromatic heterocycles. The largest absolute Gasteiger partial charge is 0.378 e. The van der Waals surface area contributed by atoms with Gasteiger partial charge in [0.05, 0.1) is 45.4 Å². The van der Waals surface area contributed by atoms with E-state index in [1.807, 2.05) is 6.92 Å². The number of ether oxygens (including phenoxy) is 1. The number of rotatable bonds is 4.